The smallest absolute Gasteiger partial charge is 0.165 e. The molecule has 0 fully saturated rings. The SMILES string of the molecule is CC1(C)c2ccccc2-c2c1ccc1c2-c2cccc(-c3nc4ccccc4nc3-n3c4ccccc4c4ccc5c(c43)C(C)(C)c3ccccc3-5)c2C1(C)C. The van der Waals surface area contributed by atoms with Gasteiger partial charge in [0.05, 0.1) is 22.1 Å². The monoisotopic (exact) mass is 719 g/mol. The van der Waals surface area contributed by atoms with Crippen molar-refractivity contribution in [3.8, 4) is 50.5 Å². The van der Waals surface area contributed by atoms with Gasteiger partial charge in [0.2, 0.25) is 0 Å². The fourth-order valence-electron chi connectivity index (χ4n) is 11.2. The summed E-state index contributed by atoms with van der Waals surface area (Å²) in [5.74, 6) is 0.868. The zero-order valence-corrected chi connectivity index (χ0v) is 32.6. The van der Waals surface area contributed by atoms with E-state index in [1.54, 1.807) is 0 Å². The molecule has 3 heteroatoms. The van der Waals surface area contributed by atoms with Gasteiger partial charge in [-0.1, -0.05) is 163 Å². The van der Waals surface area contributed by atoms with Gasteiger partial charge in [0.15, 0.2) is 5.82 Å². The van der Waals surface area contributed by atoms with Crippen molar-refractivity contribution in [3.05, 3.63) is 173 Å². The zero-order chi connectivity index (χ0) is 37.9. The fourth-order valence-corrected chi connectivity index (χ4v) is 11.2. The molecule has 0 saturated carbocycles. The summed E-state index contributed by atoms with van der Waals surface area (Å²) in [5, 5.41) is 2.46. The molecule has 2 aromatic heterocycles. The van der Waals surface area contributed by atoms with Gasteiger partial charge < -0.3 is 0 Å². The molecule has 3 aliphatic carbocycles. The van der Waals surface area contributed by atoms with E-state index in [-0.39, 0.29) is 16.2 Å². The number of rotatable bonds is 2. The summed E-state index contributed by atoms with van der Waals surface area (Å²) in [6, 6.07) is 51.5. The van der Waals surface area contributed by atoms with Crippen molar-refractivity contribution in [2.24, 2.45) is 0 Å². The van der Waals surface area contributed by atoms with Gasteiger partial charge in [-0.3, -0.25) is 4.57 Å². The van der Waals surface area contributed by atoms with Gasteiger partial charge in [0.25, 0.3) is 0 Å². The second kappa shape index (κ2) is 10.5. The minimum Gasteiger partial charge on any atom is -0.292 e. The lowest BCUT2D eigenvalue weighted by Crippen LogP contribution is -2.18. The summed E-state index contributed by atoms with van der Waals surface area (Å²) in [7, 11) is 0. The van der Waals surface area contributed by atoms with Crippen LogP contribution in [0.5, 0.6) is 0 Å². The Morgan fingerprint density at radius 3 is 1.75 bits per heavy atom. The summed E-state index contributed by atoms with van der Waals surface area (Å²) in [5.41, 5.74) is 21.8. The maximum Gasteiger partial charge on any atom is 0.165 e. The lowest BCUT2D eigenvalue weighted by atomic mass is 9.78. The van der Waals surface area contributed by atoms with E-state index >= 15 is 0 Å². The molecule has 56 heavy (non-hydrogen) atoms. The van der Waals surface area contributed by atoms with Crippen LogP contribution in [0.4, 0.5) is 0 Å². The highest BCUT2D eigenvalue weighted by atomic mass is 15.1. The zero-order valence-electron chi connectivity index (χ0n) is 32.6. The standard InChI is InChI=1S/C53H41N3/c1-51(2)38-22-11-8-18-34(38)44-39(51)28-29-40-45(44)35-19-15-20-36(46(35)53(40,5)6)48-50(55-42-24-13-12-23-41(42)54-48)56-43-25-14-9-17-31(43)33-27-26-32-30-16-7-10-21-37(30)52(3,4)47(32)49(33)56/h7-29H,1-6H3. The molecule has 0 atom stereocenters. The van der Waals surface area contributed by atoms with Gasteiger partial charge in [-0.2, -0.15) is 0 Å². The second-order valence-electron chi connectivity index (χ2n) is 17.7. The lowest BCUT2D eigenvalue weighted by Gasteiger charge is -2.26. The molecule has 0 radical (unpaired) electrons. The summed E-state index contributed by atoms with van der Waals surface area (Å²) in [4.78, 5) is 11.3. The molecule has 0 bridgehead atoms. The Bertz CT molecular complexity index is 3230. The molecule has 0 spiro atoms. The Labute approximate surface area is 327 Å². The third-order valence-electron chi connectivity index (χ3n) is 13.8. The first-order valence-electron chi connectivity index (χ1n) is 19.9. The van der Waals surface area contributed by atoms with Crippen LogP contribution in [0.25, 0.3) is 83.3 Å². The van der Waals surface area contributed by atoms with E-state index in [2.05, 4.69) is 186 Å². The number of hydrogen-bond donors (Lipinski definition) is 0. The number of nitrogens with zero attached hydrogens (tertiary/aromatic N) is 3. The predicted octanol–water partition coefficient (Wildman–Crippen LogP) is 13.3. The second-order valence-corrected chi connectivity index (χ2v) is 17.7. The van der Waals surface area contributed by atoms with E-state index in [9.17, 15) is 0 Å². The molecule has 0 unspecified atom stereocenters. The van der Waals surface area contributed by atoms with Gasteiger partial charge in [-0.05, 0) is 85.0 Å². The number of aromatic nitrogens is 3. The van der Waals surface area contributed by atoms with Crippen molar-refractivity contribution in [1.82, 2.24) is 14.5 Å². The first-order chi connectivity index (χ1) is 27.1. The normalized spacial score (nSPS) is 16.1. The molecule has 7 aromatic carbocycles. The van der Waals surface area contributed by atoms with Gasteiger partial charge in [-0.25, -0.2) is 9.97 Å². The van der Waals surface area contributed by atoms with E-state index < -0.39 is 0 Å². The highest BCUT2D eigenvalue weighted by Crippen LogP contribution is 2.61. The van der Waals surface area contributed by atoms with Crippen LogP contribution >= 0.6 is 0 Å². The van der Waals surface area contributed by atoms with Crippen LogP contribution in [0, 0.1) is 0 Å². The maximum atomic E-state index is 5.65. The molecule has 0 N–H and O–H groups in total. The number of fused-ring (bicyclic) bond motifs is 15. The Hall–Kier alpha value is -6.32. The molecule has 9 aromatic rings. The Kier molecular flexibility index (Phi) is 5.99. The molecule has 3 nitrogen and oxygen atoms in total. The van der Waals surface area contributed by atoms with Crippen LogP contribution in [0.3, 0.4) is 0 Å². The van der Waals surface area contributed by atoms with Crippen LogP contribution in [0.2, 0.25) is 0 Å². The molecule has 268 valence electrons. The highest BCUT2D eigenvalue weighted by molar-refractivity contribution is 6.13. The fraction of sp³-hybridized carbons (Fsp3) is 0.170. The largest absolute Gasteiger partial charge is 0.292 e. The van der Waals surface area contributed by atoms with E-state index in [0.29, 0.717) is 0 Å². The number of benzene rings is 7. The van der Waals surface area contributed by atoms with Crippen molar-refractivity contribution in [2.75, 3.05) is 0 Å². The number of para-hydroxylation sites is 3. The molecule has 3 aliphatic rings. The third kappa shape index (κ3) is 3.78. The Morgan fingerprint density at radius 2 is 0.964 bits per heavy atom. The van der Waals surface area contributed by atoms with Crippen molar-refractivity contribution >= 4 is 32.8 Å². The molecular formula is C53H41N3. The van der Waals surface area contributed by atoms with Crippen LogP contribution in [0.1, 0.15) is 74.9 Å². The average molecular weight is 720 g/mol. The molecule has 2 heterocycles. The molecule has 0 saturated heterocycles. The molecule has 12 rings (SSSR count). The topological polar surface area (TPSA) is 30.7 Å². The van der Waals surface area contributed by atoms with E-state index in [0.717, 1.165) is 33.6 Å². The molecule has 0 aliphatic heterocycles. The predicted molar refractivity (Wildman–Crippen MR) is 232 cm³/mol. The summed E-state index contributed by atoms with van der Waals surface area (Å²) >= 11 is 0. The average Bonchev–Trinajstić information content (AvgIpc) is 3.84. The van der Waals surface area contributed by atoms with Crippen LogP contribution in [0.15, 0.2) is 140 Å². The Balaban J connectivity index is 1.21. The number of hydrogen-bond acceptors (Lipinski definition) is 2. The molecular weight excluding hydrogens is 679 g/mol. The van der Waals surface area contributed by atoms with Crippen molar-refractivity contribution < 1.29 is 0 Å². The quantitative estimate of drug-likeness (QED) is 0.178. The minimum absolute atomic E-state index is 0.0767. The van der Waals surface area contributed by atoms with Crippen LogP contribution < -0.4 is 0 Å². The highest BCUT2D eigenvalue weighted by Gasteiger charge is 2.45. The van der Waals surface area contributed by atoms with Gasteiger partial charge in [0, 0.05) is 32.6 Å². The van der Waals surface area contributed by atoms with E-state index in [1.165, 1.54) is 83.1 Å². The summed E-state index contributed by atoms with van der Waals surface area (Å²) < 4.78 is 2.46. The van der Waals surface area contributed by atoms with Crippen LogP contribution in [-0.4, -0.2) is 14.5 Å². The lowest BCUT2D eigenvalue weighted by molar-refractivity contribution is 0.651. The van der Waals surface area contributed by atoms with Crippen molar-refractivity contribution in [1.29, 1.82) is 0 Å². The summed E-state index contributed by atoms with van der Waals surface area (Å²) in [6.45, 7) is 14.3. The van der Waals surface area contributed by atoms with Gasteiger partial charge in [-0.15, -0.1) is 0 Å². The van der Waals surface area contributed by atoms with E-state index in [1.807, 2.05) is 0 Å². The van der Waals surface area contributed by atoms with Crippen molar-refractivity contribution in [3.63, 3.8) is 0 Å². The first kappa shape index (κ1) is 32.0. The summed E-state index contributed by atoms with van der Waals surface area (Å²) in [6.07, 6.45) is 0. The van der Waals surface area contributed by atoms with Crippen LogP contribution in [-0.2, 0) is 16.2 Å². The first-order valence-corrected chi connectivity index (χ1v) is 19.9. The minimum atomic E-state index is -0.283. The Morgan fingerprint density at radius 1 is 0.393 bits per heavy atom. The van der Waals surface area contributed by atoms with E-state index in [4.69, 9.17) is 9.97 Å². The van der Waals surface area contributed by atoms with Crippen molar-refractivity contribution in [2.45, 2.75) is 57.8 Å². The maximum absolute atomic E-state index is 5.65. The van der Waals surface area contributed by atoms with Gasteiger partial charge in [0.1, 0.15) is 5.69 Å². The molecule has 0 amide bonds. The third-order valence-corrected chi connectivity index (χ3v) is 13.8. The van der Waals surface area contributed by atoms with Gasteiger partial charge >= 0.3 is 0 Å².